The van der Waals surface area contributed by atoms with E-state index in [1.165, 1.54) is 6.92 Å². The Bertz CT molecular complexity index is 642. The van der Waals surface area contributed by atoms with E-state index in [-0.39, 0.29) is 23.6 Å². The van der Waals surface area contributed by atoms with Crippen LogP contribution in [-0.2, 0) is 14.4 Å². The monoisotopic (exact) mass is 319 g/mol. The number of fused-ring (bicyclic) bond motifs is 1. The largest absolute Gasteiger partial charge is 0.479 e. The molecule has 7 heteroatoms. The van der Waals surface area contributed by atoms with Gasteiger partial charge in [0.25, 0.3) is 5.91 Å². The van der Waals surface area contributed by atoms with Gasteiger partial charge in [-0.1, -0.05) is 13.8 Å². The third-order valence-corrected chi connectivity index (χ3v) is 3.49. The average molecular weight is 319 g/mol. The number of ether oxygens (including phenoxy) is 1. The molecule has 7 nitrogen and oxygen atoms in total. The Balaban J connectivity index is 2.14. The second-order valence-electron chi connectivity index (χ2n) is 5.87. The van der Waals surface area contributed by atoms with E-state index >= 15 is 0 Å². The van der Waals surface area contributed by atoms with E-state index in [0.29, 0.717) is 17.1 Å². The molecule has 2 unspecified atom stereocenters. The fourth-order valence-electron chi connectivity index (χ4n) is 2.26. The zero-order valence-electron chi connectivity index (χ0n) is 13.6. The van der Waals surface area contributed by atoms with Gasteiger partial charge >= 0.3 is 0 Å². The van der Waals surface area contributed by atoms with E-state index in [0.717, 1.165) is 0 Å². The Labute approximate surface area is 134 Å². The lowest BCUT2D eigenvalue weighted by molar-refractivity contribution is -0.126. The Morgan fingerprint density at radius 1 is 1.30 bits per heavy atom. The standard InChI is InChI=1S/C16H21N3O4/c1-8(2)14(17-10(4)20)16(22)18-11-5-6-13-12(7-11)19-15(21)9(3)23-13/h5-9,14H,1-4H3,(H,17,20)(H,18,22)(H,19,21). The fraction of sp³-hybridized carbons (Fsp3) is 0.438. The SMILES string of the molecule is CC(=O)NC(C(=O)Nc1ccc2c(c1)NC(=O)C(C)O2)C(C)C. The topological polar surface area (TPSA) is 96.5 Å². The molecule has 1 aromatic carbocycles. The van der Waals surface area contributed by atoms with Crippen LogP contribution in [0, 0.1) is 5.92 Å². The summed E-state index contributed by atoms with van der Waals surface area (Å²) in [6, 6.07) is 4.37. The summed E-state index contributed by atoms with van der Waals surface area (Å²) in [7, 11) is 0. The summed E-state index contributed by atoms with van der Waals surface area (Å²) in [6.07, 6.45) is -0.548. The summed E-state index contributed by atoms with van der Waals surface area (Å²) < 4.78 is 5.46. The maximum atomic E-state index is 12.3. The molecule has 0 spiro atoms. The minimum atomic E-state index is -0.630. The van der Waals surface area contributed by atoms with Crippen LogP contribution < -0.4 is 20.7 Å². The number of carbonyl (C=O) groups excluding carboxylic acids is 3. The maximum absolute atomic E-state index is 12.3. The van der Waals surface area contributed by atoms with Crippen LogP contribution >= 0.6 is 0 Å². The Morgan fingerprint density at radius 2 is 2.00 bits per heavy atom. The number of nitrogens with one attached hydrogen (secondary N) is 3. The van der Waals surface area contributed by atoms with Crippen molar-refractivity contribution in [1.29, 1.82) is 0 Å². The molecule has 0 aromatic heterocycles. The van der Waals surface area contributed by atoms with Crippen molar-refractivity contribution in [2.45, 2.75) is 39.8 Å². The van der Waals surface area contributed by atoms with Gasteiger partial charge in [0.1, 0.15) is 11.8 Å². The van der Waals surface area contributed by atoms with Crippen molar-refractivity contribution >= 4 is 29.1 Å². The van der Waals surface area contributed by atoms with E-state index in [4.69, 9.17) is 4.74 Å². The lowest BCUT2D eigenvalue weighted by atomic mass is 10.0. The van der Waals surface area contributed by atoms with Gasteiger partial charge in [-0.2, -0.15) is 0 Å². The van der Waals surface area contributed by atoms with Crippen molar-refractivity contribution in [2.24, 2.45) is 5.92 Å². The van der Waals surface area contributed by atoms with Gasteiger partial charge in [0.2, 0.25) is 11.8 Å². The van der Waals surface area contributed by atoms with Crippen LogP contribution in [0.15, 0.2) is 18.2 Å². The molecule has 1 aliphatic rings. The summed E-state index contributed by atoms with van der Waals surface area (Å²) in [5.41, 5.74) is 1.02. The predicted molar refractivity (Wildman–Crippen MR) is 86.2 cm³/mol. The molecule has 0 saturated carbocycles. The van der Waals surface area contributed by atoms with Gasteiger partial charge in [-0.25, -0.2) is 0 Å². The Hall–Kier alpha value is -2.57. The van der Waals surface area contributed by atoms with Gasteiger partial charge in [-0.05, 0) is 31.0 Å². The van der Waals surface area contributed by atoms with Crippen molar-refractivity contribution in [3.05, 3.63) is 18.2 Å². The highest BCUT2D eigenvalue weighted by Gasteiger charge is 2.25. The molecule has 1 aromatic rings. The highest BCUT2D eigenvalue weighted by molar-refractivity contribution is 6.00. The van der Waals surface area contributed by atoms with E-state index in [9.17, 15) is 14.4 Å². The molecule has 1 aliphatic heterocycles. The maximum Gasteiger partial charge on any atom is 0.265 e. The molecular weight excluding hydrogens is 298 g/mol. The molecule has 23 heavy (non-hydrogen) atoms. The Morgan fingerprint density at radius 3 is 2.61 bits per heavy atom. The van der Waals surface area contributed by atoms with Crippen molar-refractivity contribution in [1.82, 2.24) is 5.32 Å². The van der Waals surface area contributed by atoms with Crippen molar-refractivity contribution in [3.63, 3.8) is 0 Å². The molecule has 0 aliphatic carbocycles. The third kappa shape index (κ3) is 4.00. The first-order chi connectivity index (χ1) is 10.8. The number of amides is 3. The molecule has 1 heterocycles. The summed E-state index contributed by atoms with van der Waals surface area (Å²) in [5, 5.41) is 8.10. The van der Waals surface area contributed by atoms with Crippen LogP contribution in [0.4, 0.5) is 11.4 Å². The van der Waals surface area contributed by atoms with Crippen LogP contribution in [0.5, 0.6) is 5.75 Å². The highest BCUT2D eigenvalue weighted by Crippen LogP contribution is 2.32. The van der Waals surface area contributed by atoms with E-state index in [1.54, 1.807) is 25.1 Å². The number of carbonyl (C=O) groups is 3. The lowest BCUT2D eigenvalue weighted by Gasteiger charge is -2.24. The van der Waals surface area contributed by atoms with E-state index in [2.05, 4.69) is 16.0 Å². The van der Waals surface area contributed by atoms with Crippen LogP contribution in [0.1, 0.15) is 27.7 Å². The van der Waals surface area contributed by atoms with E-state index < -0.39 is 12.1 Å². The highest BCUT2D eigenvalue weighted by atomic mass is 16.5. The van der Waals surface area contributed by atoms with Crippen LogP contribution in [0.2, 0.25) is 0 Å². The molecule has 0 radical (unpaired) electrons. The fourth-order valence-corrected chi connectivity index (χ4v) is 2.26. The van der Waals surface area contributed by atoms with Crippen LogP contribution in [-0.4, -0.2) is 29.9 Å². The smallest absolute Gasteiger partial charge is 0.265 e. The van der Waals surface area contributed by atoms with Gasteiger partial charge in [0.05, 0.1) is 5.69 Å². The first kappa shape index (κ1) is 16.8. The van der Waals surface area contributed by atoms with Crippen LogP contribution in [0.3, 0.4) is 0 Å². The third-order valence-electron chi connectivity index (χ3n) is 3.49. The van der Waals surface area contributed by atoms with Gasteiger partial charge in [-0.3, -0.25) is 14.4 Å². The zero-order chi connectivity index (χ0) is 17.1. The van der Waals surface area contributed by atoms with Crippen LogP contribution in [0.25, 0.3) is 0 Å². The molecule has 0 fully saturated rings. The summed E-state index contributed by atoms with van der Waals surface area (Å²) >= 11 is 0. The van der Waals surface area contributed by atoms with Gasteiger partial charge < -0.3 is 20.7 Å². The van der Waals surface area contributed by atoms with Gasteiger partial charge in [-0.15, -0.1) is 0 Å². The van der Waals surface area contributed by atoms with Gasteiger partial charge in [0.15, 0.2) is 6.10 Å². The normalized spacial score (nSPS) is 17.6. The van der Waals surface area contributed by atoms with Gasteiger partial charge in [0, 0.05) is 12.6 Å². The average Bonchev–Trinajstić information content (AvgIpc) is 2.45. The summed E-state index contributed by atoms with van der Waals surface area (Å²) in [4.78, 5) is 35.2. The quantitative estimate of drug-likeness (QED) is 0.783. The predicted octanol–water partition coefficient (Wildman–Crippen LogP) is 1.51. The van der Waals surface area contributed by atoms with Crippen molar-refractivity contribution < 1.29 is 19.1 Å². The zero-order valence-corrected chi connectivity index (χ0v) is 13.6. The summed E-state index contributed by atoms with van der Waals surface area (Å²) in [6.45, 7) is 6.73. The molecule has 0 bridgehead atoms. The molecule has 3 N–H and O–H groups in total. The van der Waals surface area contributed by atoms with Crippen molar-refractivity contribution in [3.8, 4) is 5.75 Å². The molecular formula is C16H21N3O4. The van der Waals surface area contributed by atoms with E-state index in [1.807, 2.05) is 13.8 Å². The number of hydrogen-bond acceptors (Lipinski definition) is 4. The molecule has 2 rings (SSSR count). The second-order valence-corrected chi connectivity index (χ2v) is 5.87. The number of hydrogen-bond donors (Lipinski definition) is 3. The summed E-state index contributed by atoms with van der Waals surface area (Å²) in [5.74, 6) is -0.317. The second kappa shape index (κ2) is 6.68. The number of anilines is 2. The minimum absolute atomic E-state index is 0.0552. The molecule has 124 valence electrons. The first-order valence-electron chi connectivity index (χ1n) is 7.47. The molecule has 3 amide bonds. The van der Waals surface area contributed by atoms with Crippen molar-refractivity contribution in [2.75, 3.05) is 10.6 Å². The number of benzene rings is 1. The number of rotatable bonds is 4. The lowest BCUT2D eigenvalue weighted by Crippen LogP contribution is -2.46. The Kier molecular flexibility index (Phi) is 4.88. The molecule has 0 saturated heterocycles. The molecule has 2 atom stereocenters. The first-order valence-corrected chi connectivity index (χ1v) is 7.47. The minimum Gasteiger partial charge on any atom is -0.479 e.